The van der Waals surface area contributed by atoms with Crippen LogP contribution in [0.1, 0.15) is 67.6 Å². The number of sulfonamides is 1. The molecular formula is C33H43F2N3O6S. The number of fused-ring (bicyclic) bond motifs is 2. The molecule has 2 bridgehead atoms. The normalized spacial score (nSPS) is 27.5. The molecule has 2 aromatic rings. The van der Waals surface area contributed by atoms with E-state index in [1.54, 1.807) is 22.5 Å². The molecule has 5 rings (SSSR count). The summed E-state index contributed by atoms with van der Waals surface area (Å²) in [5.74, 6) is -1.78. The molecule has 9 nitrogen and oxygen atoms in total. The highest BCUT2D eigenvalue weighted by atomic mass is 32.2. The number of methoxy groups -OCH3 is 1. The molecular weight excluding hydrogens is 604 g/mol. The van der Waals surface area contributed by atoms with Crippen molar-refractivity contribution in [3.05, 3.63) is 70.8 Å². The van der Waals surface area contributed by atoms with Gasteiger partial charge in [-0.15, -0.1) is 0 Å². The number of Topliss-reactive ketones (excluding diaryl/α,β-unsaturated/α-hetero) is 1. The van der Waals surface area contributed by atoms with Crippen LogP contribution in [0.3, 0.4) is 0 Å². The van der Waals surface area contributed by atoms with E-state index in [1.165, 1.54) is 31.4 Å². The minimum Gasteiger partial charge on any atom is -0.453 e. The predicted molar refractivity (Wildman–Crippen MR) is 165 cm³/mol. The lowest BCUT2D eigenvalue weighted by Gasteiger charge is -2.38. The molecule has 3 N–H and O–H groups in total. The van der Waals surface area contributed by atoms with Crippen LogP contribution in [-0.2, 0) is 32.4 Å². The van der Waals surface area contributed by atoms with Crippen LogP contribution in [0.5, 0.6) is 0 Å². The van der Waals surface area contributed by atoms with Crippen molar-refractivity contribution in [3.63, 3.8) is 0 Å². The van der Waals surface area contributed by atoms with Crippen molar-refractivity contribution in [2.75, 3.05) is 26.0 Å². The van der Waals surface area contributed by atoms with E-state index in [1.807, 2.05) is 0 Å². The van der Waals surface area contributed by atoms with Gasteiger partial charge in [-0.1, -0.05) is 24.3 Å². The summed E-state index contributed by atoms with van der Waals surface area (Å²) >= 11 is 0. The van der Waals surface area contributed by atoms with Crippen LogP contribution in [0.4, 0.5) is 13.6 Å². The Morgan fingerprint density at radius 3 is 2.53 bits per heavy atom. The van der Waals surface area contributed by atoms with E-state index < -0.39 is 45.8 Å². The third kappa shape index (κ3) is 8.08. The Morgan fingerprint density at radius 2 is 1.82 bits per heavy atom. The van der Waals surface area contributed by atoms with Crippen LogP contribution >= 0.6 is 0 Å². The SMILES string of the molecule is COC(=O)N[C@H](C(=O)Cc1cccc(F)c1CC[C@H]1CN[C@@H]2CCCS(=O)(=O)N1C2)[C@@H](c1ccc(F)cc1)C1CCC(O)CC1. The minimum absolute atomic E-state index is 0.0878. The highest BCUT2D eigenvalue weighted by molar-refractivity contribution is 7.89. The van der Waals surface area contributed by atoms with E-state index >= 15 is 4.39 Å². The largest absolute Gasteiger partial charge is 0.453 e. The van der Waals surface area contributed by atoms with Gasteiger partial charge in [0.1, 0.15) is 11.6 Å². The number of ether oxygens (including phenoxy) is 1. The smallest absolute Gasteiger partial charge is 0.407 e. The van der Waals surface area contributed by atoms with E-state index in [4.69, 9.17) is 4.74 Å². The number of aliphatic hydroxyl groups is 1. The quantitative estimate of drug-likeness (QED) is 0.358. The summed E-state index contributed by atoms with van der Waals surface area (Å²) < 4.78 is 61.6. The maximum absolute atomic E-state index is 15.4. The number of aliphatic hydroxyl groups excluding tert-OH is 1. The van der Waals surface area contributed by atoms with Crippen molar-refractivity contribution >= 4 is 21.9 Å². The van der Waals surface area contributed by atoms with Crippen molar-refractivity contribution < 1.29 is 36.6 Å². The summed E-state index contributed by atoms with van der Waals surface area (Å²) in [7, 11) is -2.20. The summed E-state index contributed by atoms with van der Waals surface area (Å²) in [6.45, 7) is 0.882. The Bertz CT molecular complexity index is 1450. The van der Waals surface area contributed by atoms with Gasteiger partial charge in [-0.25, -0.2) is 22.0 Å². The molecule has 3 aliphatic rings. The minimum atomic E-state index is -3.41. The number of rotatable bonds is 10. The molecule has 12 heteroatoms. The number of amides is 1. The molecule has 2 aromatic carbocycles. The van der Waals surface area contributed by atoms with Gasteiger partial charge in [-0.3, -0.25) is 4.79 Å². The average Bonchev–Trinajstić information content (AvgIpc) is 3.13. The third-order valence-corrected chi connectivity index (χ3v) is 11.7. The first-order valence-electron chi connectivity index (χ1n) is 15.9. The number of alkyl carbamates (subject to hydrolysis) is 1. The van der Waals surface area contributed by atoms with E-state index in [0.717, 1.165) is 6.42 Å². The average molecular weight is 648 g/mol. The Balaban J connectivity index is 1.40. The van der Waals surface area contributed by atoms with Crippen LogP contribution in [0.25, 0.3) is 0 Å². The van der Waals surface area contributed by atoms with Gasteiger partial charge in [0, 0.05) is 37.5 Å². The Morgan fingerprint density at radius 1 is 1.09 bits per heavy atom. The zero-order valence-electron chi connectivity index (χ0n) is 25.6. The monoisotopic (exact) mass is 647 g/mol. The number of halogens is 2. The summed E-state index contributed by atoms with van der Waals surface area (Å²) in [6, 6.07) is 9.14. The molecule has 0 radical (unpaired) electrons. The van der Waals surface area contributed by atoms with Crippen molar-refractivity contribution in [2.45, 2.75) is 87.9 Å². The molecule has 1 saturated carbocycles. The summed E-state index contributed by atoms with van der Waals surface area (Å²) in [5.41, 5.74) is 1.49. The van der Waals surface area contributed by atoms with Crippen LogP contribution in [0.15, 0.2) is 42.5 Å². The fourth-order valence-electron chi connectivity index (χ4n) is 7.34. The van der Waals surface area contributed by atoms with Crippen molar-refractivity contribution in [2.24, 2.45) is 5.92 Å². The number of carbonyl (C=O) groups excluding carboxylic acids is 2. The number of carbonyl (C=O) groups is 2. The van der Waals surface area contributed by atoms with Gasteiger partial charge in [0.05, 0.1) is 25.0 Å². The second-order valence-corrected chi connectivity index (χ2v) is 14.6. The first-order valence-corrected chi connectivity index (χ1v) is 17.5. The van der Waals surface area contributed by atoms with Gasteiger partial charge >= 0.3 is 6.09 Å². The third-order valence-electron chi connectivity index (χ3n) is 9.74. The molecule has 5 atom stereocenters. The standard InChI is InChI=1S/C33H43F2N3O6S/c1-44-33(41)37-32(31(21-7-11-24(34)12-8-21)22-9-14-27(39)15-10-22)30(40)18-23-4-2-6-29(35)28(23)16-13-26-19-36-25-5-3-17-45(42,43)38(26)20-25/h2,4,6-8,11-12,22,25-27,31-32,36,39H,3,5,9-10,13-20H2,1H3,(H,37,41)/t22?,25-,26+,27?,31+,32-/m1/s1. The van der Waals surface area contributed by atoms with E-state index in [0.29, 0.717) is 68.3 Å². The first-order chi connectivity index (χ1) is 21.6. The van der Waals surface area contributed by atoms with E-state index in [9.17, 15) is 27.5 Å². The van der Waals surface area contributed by atoms with Crippen LogP contribution in [0.2, 0.25) is 0 Å². The number of ketones is 1. The molecule has 0 aromatic heterocycles. The maximum atomic E-state index is 15.4. The second kappa shape index (κ2) is 14.7. The fraction of sp³-hybridized carbons (Fsp3) is 0.576. The van der Waals surface area contributed by atoms with Gasteiger partial charge in [0.25, 0.3) is 0 Å². The lowest BCUT2D eigenvalue weighted by molar-refractivity contribution is -0.121. The summed E-state index contributed by atoms with van der Waals surface area (Å²) in [6.07, 6.45) is 2.89. The molecule has 1 unspecified atom stereocenters. The maximum Gasteiger partial charge on any atom is 0.407 e. The van der Waals surface area contributed by atoms with Crippen molar-refractivity contribution in [3.8, 4) is 0 Å². The Hall–Kier alpha value is -2.93. The number of piperazine rings is 1. The number of nitrogens with one attached hydrogen (secondary N) is 2. The number of benzene rings is 2. The zero-order chi connectivity index (χ0) is 32.1. The van der Waals surface area contributed by atoms with Crippen LogP contribution in [0, 0.1) is 17.6 Å². The molecule has 0 spiro atoms. The van der Waals surface area contributed by atoms with Gasteiger partial charge < -0.3 is 20.5 Å². The highest BCUT2D eigenvalue weighted by Crippen LogP contribution is 2.39. The number of hydrogen-bond donors (Lipinski definition) is 3. The molecule has 1 aliphatic carbocycles. The fourth-order valence-corrected chi connectivity index (χ4v) is 9.15. The molecule has 45 heavy (non-hydrogen) atoms. The molecule has 2 aliphatic heterocycles. The zero-order valence-corrected chi connectivity index (χ0v) is 26.4. The molecule has 2 heterocycles. The second-order valence-electron chi connectivity index (χ2n) is 12.6. The summed E-state index contributed by atoms with van der Waals surface area (Å²) in [5, 5.41) is 16.3. The topological polar surface area (TPSA) is 125 Å². The van der Waals surface area contributed by atoms with Crippen molar-refractivity contribution in [1.82, 2.24) is 14.9 Å². The lowest BCUT2D eigenvalue weighted by Crippen LogP contribution is -2.57. The molecule has 1 amide bonds. The van der Waals surface area contributed by atoms with Crippen LogP contribution < -0.4 is 10.6 Å². The Labute approximate surface area is 263 Å². The van der Waals surface area contributed by atoms with E-state index in [-0.39, 0.29) is 42.4 Å². The molecule has 2 saturated heterocycles. The van der Waals surface area contributed by atoms with Crippen LogP contribution in [-0.4, -0.2) is 79.9 Å². The summed E-state index contributed by atoms with van der Waals surface area (Å²) in [4.78, 5) is 26.7. The predicted octanol–water partition coefficient (Wildman–Crippen LogP) is 3.83. The molecule has 246 valence electrons. The number of nitrogens with zero attached hydrogens (tertiary/aromatic N) is 1. The lowest BCUT2D eigenvalue weighted by atomic mass is 9.71. The van der Waals surface area contributed by atoms with Gasteiger partial charge in [-0.05, 0) is 92.2 Å². The first kappa shape index (κ1) is 33.4. The van der Waals surface area contributed by atoms with E-state index in [2.05, 4.69) is 10.6 Å². The van der Waals surface area contributed by atoms with Gasteiger partial charge in [0.15, 0.2) is 5.78 Å². The van der Waals surface area contributed by atoms with Gasteiger partial charge in [-0.2, -0.15) is 4.31 Å². The van der Waals surface area contributed by atoms with Crippen molar-refractivity contribution in [1.29, 1.82) is 0 Å². The Kier molecular flexibility index (Phi) is 10.9. The molecule has 3 fully saturated rings. The number of hydrogen-bond acceptors (Lipinski definition) is 7. The van der Waals surface area contributed by atoms with Gasteiger partial charge in [0.2, 0.25) is 10.0 Å². The highest BCUT2D eigenvalue weighted by Gasteiger charge is 2.40.